The third kappa shape index (κ3) is 7.72. The van der Waals surface area contributed by atoms with Gasteiger partial charge in [-0.25, -0.2) is 19.6 Å². The van der Waals surface area contributed by atoms with E-state index in [0.717, 1.165) is 70.5 Å². The number of aromatic nitrogens is 4. The van der Waals surface area contributed by atoms with Gasteiger partial charge in [-0.05, 0) is 83.0 Å². The molecule has 2 aromatic heterocycles. The summed E-state index contributed by atoms with van der Waals surface area (Å²) in [6.45, 7) is 9.43. The van der Waals surface area contributed by atoms with Crippen molar-refractivity contribution in [3.8, 4) is 33.6 Å². The highest BCUT2D eigenvalue weighted by Gasteiger charge is 2.39. The summed E-state index contributed by atoms with van der Waals surface area (Å²) in [5.74, 6) is 0.685. The van der Waals surface area contributed by atoms with Crippen LogP contribution in [0.4, 0.5) is 9.59 Å². The minimum atomic E-state index is -1.22. The summed E-state index contributed by atoms with van der Waals surface area (Å²) in [5, 5.41) is 14.4. The number of alkyl carbamates (subject to hydrolysis) is 1. The first-order valence-corrected chi connectivity index (χ1v) is 19.3. The normalized spacial score (nSPS) is 19.0. The number of H-pyrrole nitrogens is 2. The molecule has 56 heavy (non-hydrogen) atoms. The van der Waals surface area contributed by atoms with Crippen molar-refractivity contribution in [3.63, 3.8) is 0 Å². The Labute approximate surface area is 325 Å². The van der Waals surface area contributed by atoms with E-state index in [9.17, 15) is 24.3 Å². The Morgan fingerprint density at radius 3 is 1.66 bits per heavy atom. The molecule has 0 aliphatic carbocycles. The van der Waals surface area contributed by atoms with Crippen molar-refractivity contribution in [2.75, 3.05) is 20.2 Å². The summed E-state index contributed by atoms with van der Waals surface area (Å²) in [4.78, 5) is 70.3. The second kappa shape index (κ2) is 16.2. The van der Waals surface area contributed by atoms with Gasteiger partial charge in [0.05, 0.1) is 56.2 Å². The van der Waals surface area contributed by atoms with E-state index >= 15 is 0 Å². The average Bonchev–Trinajstić information content (AvgIpc) is 4.01. The number of nitrogens with zero attached hydrogens (tertiary/aromatic N) is 4. The van der Waals surface area contributed by atoms with E-state index < -0.39 is 24.3 Å². The van der Waals surface area contributed by atoms with Gasteiger partial charge in [-0.1, -0.05) is 52.0 Å². The average molecular weight is 767 g/mol. The highest BCUT2D eigenvalue weighted by molar-refractivity contribution is 5.87. The molecule has 5 N–H and O–H groups in total. The minimum absolute atomic E-state index is 0.117. The molecule has 4 atom stereocenters. The number of hydrogen-bond donors (Lipinski definition) is 5. The maximum atomic E-state index is 13.6. The van der Waals surface area contributed by atoms with Crippen molar-refractivity contribution >= 4 is 24.0 Å². The van der Waals surface area contributed by atoms with Gasteiger partial charge in [0, 0.05) is 13.1 Å². The Hall–Kier alpha value is -5.70. The van der Waals surface area contributed by atoms with E-state index in [0.29, 0.717) is 38.0 Å². The van der Waals surface area contributed by atoms with E-state index in [1.165, 1.54) is 7.11 Å². The molecule has 0 spiro atoms. The van der Waals surface area contributed by atoms with Crippen molar-refractivity contribution in [2.24, 2.45) is 11.8 Å². The van der Waals surface area contributed by atoms with Gasteiger partial charge in [0.1, 0.15) is 23.7 Å². The molecule has 2 saturated heterocycles. The molecule has 4 aromatic rings. The zero-order valence-corrected chi connectivity index (χ0v) is 32.4. The van der Waals surface area contributed by atoms with Crippen LogP contribution in [0.15, 0.2) is 48.8 Å². The number of imidazole rings is 2. The zero-order valence-electron chi connectivity index (χ0n) is 32.4. The molecule has 4 unspecified atom stereocenters. The number of ether oxygens (including phenoxy) is 2. The van der Waals surface area contributed by atoms with Crippen LogP contribution in [0.1, 0.15) is 88.2 Å². The van der Waals surface area contributed by atoms with Crippen LogP contribution in [0.2, 0.25) is 0 Å². The molecular formula is C41H50N8O7. The quantitative estimate of drug-likeness (QED) is 0.126. The fourth-order valence-corrected chi connectivity index (χ4v) is 8.20. The number of methoxy groups -OCH3 is 1. The SMILES string of the molecule is COC(=O)NC(C(=O)N1CCCC1c1ncc(-c2ccc3c(c2)COCc2cc(-c4cnc(C5CCCN5C(=O)C(NC(=O)O)C(C)C)[nH]4)ccc2-3)[nH]1)C(C)C. The molecule has 0 radical (unpaired) electrons. The predicted octanol–water partition coefficient (Wildman–Crippen LogP) is 6.16. The zero-order chi connectivity index (χ0) is 39.7. The van der Waals surface area contributed by atoms with Gasteiger partial charge in [0.15, 0.2) is 0 Å². The van der Waals surface area contributed by atoms with Crippen LogP contribution in [0.3, 0.4) is 0 Å². The first kappa shape index (κ1) is 38.6. The van der Waals surface area contributed by atoms with E-state index in [1.807, 2.05) is 27.7 Å². The number of carbonyl (C=O) groups excluding carboxylic acids is 3. The number of amides is 4. The summed E-state index contributed by atoms with van der Waals surface area (Å²) in [7, 11) is 1.29. The Morgan fingerprint density at radius 2 is 1.23 bits per heavy atom. The fraction of sp³-hybridized carbons (Fsp3) is 0.463. The lowest BCUT2D eigenvalue weighted by Crippen LogP contribution is -2.51. The number of aromatic amines is 2. The van der Waals surface area contributed by atoms with Crippen molar-refractivity contribution < 1.29 is 33.8 Å². The molecule has 15 heteroatoms. The van der Waals surface area contributed by atoms with Gasteiger partial charge in [0.2, 0.25) is 11.8 Å². The Morgan fingerprint density at radius 1 is 0.768 bits per heavy atom. The topological polar surface area (TPSA) is 195 Å². The lowest BCUT2D eigenvalue weighted by Gasteiger charge is -2.30. The smallest absolute Gasteiger partial charge is 0.407 e. The van der Waals surface area contributed by atoms with Gasteiger partial charge in [-0.15, -0.1) is 0 Å². The third-order valence-corrected chi connectivity index (χ3v) is 11.1. The molecule has 2 fully saturated rings. The monoisotopic (exact) mass is 766 g/mol. The maximum Gasteiger partial charge on any atom is 0.407 e. The number of carboxylic acid groups (broad SMARTS) is 1. The molecule has 0 saturated carbocycles. The lowest BCUT2D eigenvalue weighted by atomic mass is 9.93. The van der Waals surface area contributed by atoms with Crippen molar-refractivity contribution in [1.29, 1.82) is 0 Å². The van der Waals surface area contributed by atoms with E-state index in [4.69, 9.17) is 14.5 Å². The second-order valence-corrected chi connectivity index (χ2v) is 15.5. The Kier molecular flexibility index (Phi) is 11.1. The fourth-order valence-electron chi connectivity index (χ4n) is 8.20. The summed E-state index contributed by atoms with van der Waals surface area (Å²) < 4.78 is 11.0. The number of fused-ring (bicyclic) bond motifs is 3. The van der Waals surface area contributed by atoms with Gasteiger partial charge < -0.3 is 45.0 Å². The maximum absolute atomic E-state index is 13.6. The van der Waals surface area contributed by atoms with Crippen LogP contribution in [0.5, 0.6) is 0 Å². The van der Waals surface area contributed by atoms with Gasteiger partial charge in [-0.2, -0.15) is 0 Å². The van der Waals surface area contributed by atoms with Crippen molar-refractivity contribution in [1.82, 2.24) is 40.4 Å². The minimum Gasteiger partial charge on any atom is -0.465 e. The first-order chi connectivity index (χ1) is 26.9. The Balaban J connectivity index is 1.08. The molecule has 15 nitrogen and oxygen atoms in total. The first-order valence-electron chi connectivity index (χ1n) is 19.3. The van der Waals surface area contributed by atoms with Crippen LogP contribution in [0.25, 0.3) is 33.6 Å². The number of likely N-dealkylation sites (tertiary alicyclic amines) is 2. The summed E-state index contributed by atoms with van der Waals surface area (Å²) in [6, 6.07) is 10.5. The molecule has 5 heterocycles. The second-order valence-electron chi connectivity index (χ2n) is 15.5. The number of nitrogens with one attached hydrogen (secondary N) is 4. The molecule has 3 aliphatic heterocycles. The van der Waals surface area contributed by atoms with Crippen LogP contribution in [-0.4, -0.2) is 91.1 Å². The van der Waals surface area contributed by atoms with Crippen LogP contribution in [-0.2, 0) is 32.3 Å². The van der Waals surface area contributed by atoms with Gasteiger partial charge >= 0.3 is 12.2 Å². The van der Waals surface area contributed by atoms with Crippen LogP contribution in [0, 0.1) is 11.8 Å². The molecule has 3 aliphatic rings. The molecule has 4 amide bonds. The number of rotatable bonds is 10. The van der Waals surface area contributed by atoms with Crippen LogP contribution < -0.4 is 10.6 Å². The molecule has 7 rings (SSSR count). The molecule has 0 bridgehead atoms. The summed E-state index contributed by atoms with van der Waals surface area (Å²) >= 11 is 0. The summed E-state index contributed by atoms with van der Waals surface area (Å²) in [5.41, 5.74) is 7.81. The molecule has 296 valence electrons. The highest BCUT2D eigenvalue weighted by atomic mass is 16.5. The largest absolute Gasteiger partial charge is 0.465 e. The van der Waals surface area contributed by atoms with E-state index in [2.05, 4.69) is 62.0 Å². The third-order valence-electron chi connectivity index (χ3n) is 11.1. The number of benzene rings is 2. The van der Waals surface area contributed by atoms with Crippen molar-refractivity contribution in [2.45, 2.75) is 90.8 Å². The Bertz CT molecular complexity index is 2110. The van der Waals surface area contributed by atoms with Crippen molar-refractivity contribution in [3.05, 3.63) is 71.6 Å². The van der Waals surface area contributed by atoms with Gasteiger partial charge in [0.25, 0.3) is 0 Å². The van der Waals surface area contributed by atoms with Gasteiger partial charge in [-0.3, -0.25) is 9.59 Å². The standard InChI is InChI=1S/C41H50N8O7/c1-22(2)34(46-40(52)53)38(50)48-14-6-8-32(48)36-42-18-30(44-36)24-10-12-28-26(16-24)20-56-21-27-17-25(11-13-29(27)28)31-19-43-37(45-31)33-9-7-15-49(33)39(51)35(23(3)4)47-41(54)55-5/h10-13,16-19,22-23,32-35,46H,6-9,14-15,20-21H2,1-5H3,(H,42,44)(H,43,45)(H,47,54)(H,52,53). The number of carbonyl (C=O) groups is 4. The molecule has 2 aromatic carbocycles. The predicted molar refractivity (Wildman–Crippen MR) is 207 cm³/mol. The van der Waals surface area contributed by atoms with E-state index in [-0.39, 0.29) is 35.7 Å². The lowest BCUT2D eigenvalue weighted by molar-refractivity contribution is -0.136. The van der Waals surface area contributed by atoms with Crippen LogP contribution >= 0.6 is 0 Å². The summed E-state index contributed by atoms with van der Waals surface area (Å²) in [6.07, 6.45) is 4.88. The molecular weight excluding hydrogens is 716 g/mol. The van der Waals surface area contributed by atoms with E-state index in [1.54, 1.807) is 22.2 Å². The number of hydrogen-bond acceptors (Lipinski definition) is 8. The highest BCUT2D eigenvalue weighted by Crippen LogP contribution is 2.38.